The number of carbonyl (C=O) groups excluding carboxylic acids is 1. The summed E-state index contributed by atoms with van der Waals surface area (Å²) < 4.78 is 66.2. The molecule has 1 aromatic carbocycles. The maximum absolute atomic E-state index is 13.5. The molecule has 1 N–H and O–H groups in total. The molecule has 8 heteroatoms. The minimum absolute atomic E-state index is 0.00397. The summed E-state index contributed by atoms with van der Waals surface area (Å²) in [6.07, 6.45) is -0.349. The molecule has 0 aliphatic carbocycles. The highest BCUT2D eigenvalue weighted by Crippen LogP contribution is 2.27. The van der Waals surface area contributed by atoms with Crippen molar-refractivity contribution in [2.24, 2.45) is 5.92 Å². The van der Waals surface area contributed by atoms with Gasteiger partial charge in [-0.05, 0) is 13.3 Å². The van der Waals surface area contributed by atoms with E-state index in [1.54, 1.807) is 0 Å². The molecule has 1 aliphatic rings. The monoisotopic (exact) mass is 309 g/mol. The fraction of sp³-hybridized carbons (Fsp3) is 0.462. The van der Waals surface area contributed by atoms with Crippen LogP contribution in [0.5, 0.6) is 0 Å². The van der Waals surface area contributed by atoms with Gasteiger partial charge in [0.05, 0.1) is 6.10 Å². The Balaban J connectivity index is 2.37. The number of hydrogen-bond acceptors (Lipinski definition) is 2. The van der Waals surface area contributed by atoms with Crippen LogP contribution in [0.1, 0.15) is 23.7 Å². The Labute approximate surface area is 117 Å². The normalized spacial score (nSPS) is 20.0. The fourth-order valence-corrected chi connectivity index (χ4v) is 2.32. The van der Waals surface area contributed by atoms with E-state index in [1.165, 1.54) is 6.92 Å². The zero-order valence-electron chi connectivity index (χ0n) is 11.0. The van der Waals surface area contributed by atoms with E-state index in [2.05, 4.69) is 0 Å². The first kappa shape index (κ1) is 15.7. The highest BCUT2D eigenvalue weighted by atomic mass is 19.2. The molecule has 2 rings (SSSR count). The first-order valence-corrected chi connectivity index (χ1v) is 6.24. The van der Waals surface area contributed by atoms with Crippen LogP contribution >= 0.6 is 0 Å². The number of hydrogen-bond donors (Lipinski definition) is 1. The molecule has 0 bridgehead atoms. The van der Waals surface area contributed by atoms with Crippen LogP contribution in [-0.4, -0.2) is 35.1 Å². The van der Waals surface area contributed by atoms with Gasteiger partial charge >= 0.3 is 0 Å². The van der Waals surface area contributed by atoms with Gasteiger partial charge in [0.1, 0.15) is 5.56 Å². The van der Waals surface area contributed by atoms with Gasteiger partial charge in [0.15, 0.2) is 23.3 Å². The lowest BCUT2D eigenvalue weighted by molar-refractivity contribution is 0.0749. The van der Waals surface area contributed by atoms with Gasteiger partial charge in [0.2, 0.25) is 5.82 Å². The number of aliphatic hydroxyl groups excluding tert-OH is 1. The Bertz CT molecular complexity index is 561. The van der Waals surface area contributed by atoms with Gasteiger partial charge in [-0.15, -0.1) is 0 Å². The van der Waals surface area contributed by atoms with Crippen molar-refractivity contribution in [1.29, 1.82) is 0 Å². The summed E-state index contributed by atoms with van der Waals surface area (Å²) in [6.45, 7) is 1.57. The third kappa shape index (κ3) is 2.59. The molecule has 21 heavy (non-hydrogen) atoms. The number of likely N-dealkylation sites (tertiary alicyclic amines) is 1. The summed E-state index contributed by atoms with van der Waals surface area (Å²) in [6, 6.07) is 0. The first-order valence-electron chi connectivity index (χ1n) is 6.24. The summed E-state index contributed by atoms with van der Waals surface area (Å²) in [5.41, 5.74) is -1.46. The first-order chi connectivity index (χ1) is 9.75. The second kappa shape index (κ2) is 5.59. The van der Waals surface area contributed by atoms with Gasteiger partial charge in [0, 0.05) is 19.0 Å². The van der Waals surface area contributed by atoms with E-state index in [-0.39, 0.29) is 19.0 Å². The maximum atomic E-state index is 13.5. The topological polar surface area (TPSA) is 40.5 Å². The Morgan fingerprint density at radius 1 is 1.10 bits per heavy atom. The van der Waals surface area contributed by atoms with Crippen molar-refractivity contribution >= 4 is 5.91 Å². The molecule has 1 saturated heterocycles. The van der Waals surface area contributed by atoms with Crippen molar-refractivity contribution in [2.45, 2.75) is 19.4 Å². The van der Waals surface area contributed by atoms with Crippen LogP contribution < -0.4 is 0 Å². The zero-order chi connectivity index (χ0) is 15.9. The third-order valence-electron chi connectivity index (χ3n) is 3.62. The molecule has 0 saturated carbocycles. The lowest BCUT2D eigenvalue weighted by Gasteiger charge is -2.18. The number of amides is 1. The second-order valence-corrected chi connectivity index (χ2v) is 4.99. The molecular weight excluding hydrogens is 297 g/mol. The van der Waals surface area contributed by atoms with E-state index in [0.29, 0.717) is 6.42 Å². The van der Waals surface area contributed by atoms with Gasteiger partial charge in [-0.1, -0.05) is 0 Å². The largest absolute Gasteiger partial charge is 0.393 e. The lowest BCUT2D eigenvalue weighted by Crippen LogP contribution is -2.32. The molecule has 1 fully saturated rings. The van der Waals surface area contributed by atoms with Crippen LogP contribution in [0.3, 0.4) is 0 Å². The minimum atomic E-state index is -2.30. The summed E-state index contributed by atoms with van der Waals surface area (Å²) in [7, 11) is 0. The minimum Gasteiger partial charge on any atom is -0.393 e. The Morgan fingerprint density at radius 3 is 2.00 bits per heavy atom. The number of halogens is 5. The van der Waals surface area contributed by atoms with Gasteiger partial charge in [-0.25, -0.2) is 22.0 Å². The van der Waals surface area contributed by atoms with Gasteiger partial charge < -0.3 is 10.0 Å². The second-order valence-electron chi connectivity index (χ2n) is 4.99. The van der Waals surface area contributed by atoms with E-state index in [9.17, 15) is 31.9 Å². The van der Waals surface area contributed by atoms with Crippen LogP contribution in [-0.2, 0) is 0 Å². The average Bonchev–Trinajstić information content (AvgIpc) is 2.93. The molecule has 116 valence electrons. The van der Waals surface area contributed by atoms with Gasteiger partial charge in [-0.2, -0.15) is 0 Å². The predicted octanol–water partition coefficient (Wildman–Crippen LogP) is 2.23. The molecule has 3 nitrogen and oxygen atoms in total. The van der Waals surface area contributed by atoms with Crippen molar-refractivity contribution < 1.29 is 31.9 Å². The van der Waals surface area contributed by atoms with Crippen LogP contribution in [0.25, 0.3) is 0 Å². The van der Waals surface area contributed by atoms with E-state index < -0.39 is 46.7 Å². The Morgan fingerprint density at radius 2 is 1.57 bits per heavy atom. The number of rotatable bonds is 2. The SMILES string of the molecule is CC(O)C1CCN(C(=O)c2c(F)c(F)c(F)c(F)c2F)C1. The van der Waals surface area contributed by atoms with Gasteiger partial charge in [-0.3, -0.25) is 4.79 Å². The summed E-state index contributed by atoms with van der Waals surface area (Å²) in [5, 5.41) is 9.40. The molecule has 1 aliphatic heterocycles. The Hall–Kier alpha value is -1.70. The fourth-order valence-electron chi connectivity index (χ4n) is 2.32. The summed E-state index contributed by atoms with van der Waals surface area (Å²) >= 11 is 0. The molecule has 1 aromatic rings. The highest BCUT2D eigenvalue weighted by molar-refractivity contribution is 5.95. The quantitative estimate of drug-likeness (QED) is 0.517. The molecule has 0 spiro atoms. The van der Waals surface area contributed by atoms with Crippen LogP contribution in [0.4, 0.5) is 22.0 Å². The van der Waals surface area contributed by atoms with Crippen molar-refractivity contribution in [1.82, 2.24) is 4.90 Å². The molecule has 0 aromatic heterocycles. The zero-order valence-corrected chi connectivity index (χ0v) is 11.0. The van der Waals surface area contributed by atoms with E-state index in [4.69, 9.17) is 0 Å². The van der Waals surface area contributed by atoms with E-state index in [1.807, 2.05) is 0 Å². The third-order valence-corrected chi connectivity index (χ3v) is 3.62. The smallest absolute Gasteiger partial charge is 0.260 e. The Kier molecular flexibility index (Phi) is 4.18. The van der Waals surface area contributed by atoms with Crippen molar-refractivity contribution in [3.8, 4) is 0 Å². The average molecular weight is 309 g/mol. The molecule has 2 atom stereocenters. The van der Waals surface area contributed by atoms with Crippen LogP contribution in [0.2, 0.25) is 0 Å². The van der Waals surface area contributed by atoms with Gasteiger partial charge in [0.25, 0.3) is 5.91 Å². The number of carbonyl (C=O) groups is 1. The standard InChI is InChI=1S/C13H12F5NO2/c1-5(20)6-2-3-19(4-6)13(21)7-8(14)10(16)12(18)11(17)9(7)15/h5-6,20H,2-4H2,1H3. The number of benzene rings is 1. The van der Waals surface area contributed by atoms with E-state index in [0.717, 1.165) is 4.90 Å². The van der Waals surface area contributed by atoms with Crippen molar-refractivity contribution in [3.05, 3.63) is 34.6 Å². The van der Waals surface area contributed by atoms with Crippen LogP contribution in [0, 0.1) is 35.0 Å². The highest BCUT2D eigenvalue weighted by Gasteiger charge is 2.35. The summed E-state index contributed by atoms with van der Waals surface area (Å²) in [4.78, 5) is 12.9. The van der Waals surface area contributed by atoms with E-state index >= 15 is 0 Å². The molecule has 1 heterocycles. The molecule has 1 amide bonds. The maximum Gasteiger partial charge on any atom is 0.260 e. The summed E-state index contributed by atoms with van der Waals surface area (Å²) in [5.74, 6) is -12.5. The number of nitrogens with zero attached hydrogens (tertiary/aromatic N) is 1. The van der Waals surface area contributed by atoms with Crippen molar-refractivity contribution in [2.75, 3.05) is 13.1 Å². The molecule has 0 radical (unpaired) electrons. The van der Waals surface area contributed by atoms with Crippen LogP contribution in [0.15, 0.2) is 0 Å². The molecular formula is C13H12F5NO2. The lowest BCUT2D eigenvalue weighted by atomic mass is 10.0. The molecule has 2 unspecified atom stereocenters. The van der Waals surface area contributed by atoms with Crippen molar-refractivity contribution in [3.63, 3.8) is 0 Å². The predicted molar refractivity (Wildman–Crippen MR) is 61.9 cm³/mol. The number of aliphatic hydroxyl groups is 1.